The van der Waals surface area contributed by atoms with Crippen molar-refractivity contribution in [2.45, 2.75) is 37.9 Å². The second-order valence-corrected chi connectivity index (χ2v) is 5.84. The van der Waals surface area contributed by atoms with Crippen LogP contribution in [0.5, 0.6) is 5.75 Å². The second-order valence-electron chi connectivity index (χ2n) is 5.57. The monoisotopic (exact) mass is 358 g/mol. The van der Waals surface area contributed by atoms with Gasteiger partial charge in [0.05, 0.1) is 28.8 Å². The van der Waals surface area contributed by atoms with Crippen molar-refractivity contribution in [2.75, 3.05) is 0 Å². The molecule has 2 aromatic rings. The quantitative estimate of drug-likeness (QED) is 0.699. The van der Waals surface area contributed by atoms with Gasteiger partial charge >= 0.3 is 6.18 Å². The minimum absolute atomic E-state index is 0.00563. The van der Waals surface area contributed by atoms with Crippen LogP contribution in [0.3, 0.4) is 0 Å². The van der Waals surface area contributed by atoms with E-state index in [-0.39, 0.29) is 22.8 Å². The van der Waals surface area contributed by atoms with Gasteiger partial charge in [0.2, 0.25) is 0 Å². The van der Waals surface area contributed by atoms with Crippen LogP contribution in [0.4, 0.5) is 13.2 Å². The first-order chi connectivity index (χ1) is 11.4. The molecule has 1 aromatic heterocycles. The number of benzene rings is 1. The van der Waals surface area contributed by atoms with E-state index in [0.29, 0.717) is 29.5 Å². The molecule has 0 amide bonds. The largest absolute Gasteiger partial charge is 0.485 e. The molecule has 0 spiro atoms. The topological polar surface area (TPSA) is 39.4 Å². The molecule has 2 heterocycles. The summed E-state index contributed by atoms with van der Waals surface area (Å²) >= 11 is 5.74. The average Bonchev–Trinajstić information content (AvgIpc) is 2.54. The van der Waals surface area contributed by atoms with E-state index in [4.69, 9.17) is 20.8 Å². The van der Waals surface area contributed by atoms with Crippen LogP contribution in [-0.2, 0) is 12.1 Å². The Hall–Kier alpha value is -1.95. The molecule has 0 saturated carbocycles. The van der Waals surface area contributed by atoms with Crippen LogP contribution >= 0.6 is 11.6 Å². The van der Waals surface area contributed by atoms with Crippen molar-refractivity contribution in [3.63, 3.8) is 0 Å². The van der Waals surface area contributed by atoms with Crippen LogP contribution < -0.4 is 10.2 Å². The van der Waals surface area contributed by atoms with Crippen molar-refractivity contribution < 1.29 is 22.3 Å². The van der Waals surface area contributed by atoms with E-state index < -0.39 is 17.8 Å². The first-order valence-corrected chi connectivity index (χ1v) is 7.99. The zero-order valence-electron chi connectivity index (χ0n) is 12.7. The fourth-order valence-corrected chi connectivity index (χ4v) is 2.96. The second kappa shape index (κ2) is 6.16. The third kappa shape index (κ3) is 2.79. The van der Waals surface area contributed by atoms with Crippen LogP contribution in [0, 0.1) is 0 Å². The number of ether oxygens (including phenoxy) is 1. The molecule has 1 aliphatic rings. The summed E-state index contributed by atoms with van der Waals surface area (Å²) < 4.78 is 50.0. The van der Waals surface area contributed by atoms with Gasteiger partial charge in [-0.15, -0.1) is 11.6 Å². The van der Waals surface area contributed by atoms with Crippen LogP contribution in [-0.4, -0.2) is 0 Å². The first-order valence-electron chi connectivity index (χ1n) is 7.45. The van der Waals surface area contributed by atoms with Crippen LogP contribution in [0.2, 0.25) is 0 Å². The van der Waals surface area contributed by atoms with Crippen molar-refractivity contribution in [3.05, 3.63) is 51.4 Å². The summed E-state index contributed by atoms with van der Waals surface area (Å²) in [5, 5.41) is 0. The third-order valence-corrected chi connectivity index (χ3v) is 4.23. The Morgan fingerprint density at radius 1 is 1.29 bits per heavy atom. The Bertz CT molecular complexity index is 827. The van der Waals surface area contributed by atoms with Crippen molar-refractivity contribution in [1.29, 1.82) is 0 Å². The lowest BCUT2D eigenvalue weighted by atomic mass is 9.94. The summed E-state index contributed by atoms with van der Waals surface area (Å²) in [5.41, 5.74) is -0.128. The highest BCUT2D eigenvalue weighted by Crippen LogP contribution is 2.45. The number of rotatable bonds is 3. The highest BCUT2D eigenvalue weighted by Gasteiger charge is 2.35. The molecule has 1 aromatic carbocycles. The van der Waals surface area contributed by atoms with Gasteiger partial charge in [-0.05, 0) is 24.6 Å². The van der Waals surface area contributed by atoms with Gasteiger partial charge in [0.25, 0.3) is 0 Å². The Labute approximate surface area is 141 Å². The maximum Gasteiger partial charge on any atom is 0.416 e. The number of fused-ring (bicyclic) bond motifs is 3. The summed E-state index contributed by atoms with van der Waals surface area (Å²) in [6.45, 7) is 1.90. The van der Waals surface area contributed by atoms with Gasteiger partial charge < -0.3 is 9.15 Å². The zero-order valence-corrected chi connectivity index (χ0v) is 13.5. The lowest BCUT2D eigenvalue weighted by Gasteiger charge is -2.27. The highest BCUT2D eigenvalue weighted by atomic mass is 35.5. The maximum absolute atomic E-state index is 12.9. The smallest absolute Gasteiger partial charge is 0.416 e. The molecule has 3 rings (SSSR count). The lowest BCUT2D eigenvalue weighted by Crippen LogP contribution is -2.25. The molecule has 0 aliphatic carbocycles. The molecule has 128 valence electrons. The van der Waals surface area contributed by atoms with E-state index in [2.05, 4.69) is 0 Å². The normalized spacial score (nSPS) is 16.3. The van der Waals surface area contributed by atoms with E-state index in [0.717, 1.165) is 12.1 Å². The van der Waals surface area contributed by atoms with Gasteiger partial charge in [0.15, 0.2) is 5.43 Å². The van der Waals surface area contributed by atoms with Crippen molar-refractivity contribution in [3.8, 4) is 17.1 Å². The van der Waals surface area contributed by atoms with Gasteiger partial charge in [0.1, 0.15) is 17.6 Å². The van der Waals surface area contributed by atoms with E-state index >= 15 is 0 Å². The van der Waals surface area contributed by atoms with E-state index in [9.17, 15) is 18.0 Å². The fourth-order valence-electron chi connectivity index (χ4n) is 2.78. The summed E-state index contributed by atoms with van der Waals surface area (Å²) in [6, 6.07) is 3.15. The lowest BCUT2D eigenvalue weighted by molar-refractivity contribution is -0.137. The Kier molecular flexibility index (Phi) is 4.34. The summed E-state index contributed by atoms with van der Waals surface area (Å²) in [4.78, 5) is 12.6. The van der Waals surface area contributed by atoms with E-state index in [1.165, 1.54) is 12.3 Å². The maximum atomic E-state index is 12.9. The SMILES string of the molecule is CCCC1Oc2cc(C(F)(F)F)ccc2-c2occ(CCl)c(=O)c21. The Morgan fingerprint density at radius 2 is 2.04 bits per heavy atom. The average molecular weight is 359 g/mol. The Morgan fingerprint density at radius 3 is 2.67 bits per heavy atom. The molecular weight excluding hydrogens is 345 g/mol. The van der Waals surface area contributed by atoms with Crippen molar-refractivity contribution >= 4 is 11.6 Å². The molecule has 0 N–H and O–H groups in total. The van der Waals surface area contributed by atoms with Gasteiger partial charge in [-0.1, -0.05) is 13.3 Å². The summed E-state index contributed by atoms with van der Waals surface area (Å²) in [5.74, 6) is 0.314. The predicted octanol–water partition coefficient (Wildman–Crippen LogP) is 5.30. The number of hydrogen-bond acceptors (Lipinski definition) is 3. The number of alkyl halides is 4. The highest BCUT2D eigenvalue weighted by molar-refractivity contribution is 6.17. The number of hydrogen-bond donors (Lipinski definition) is 0. The van der Waals surface area contributed by atoms with Crippen LogP contribution in [0.25, 0.3) is 11.3 Å². The predicted molar refractivity (Wildman–Crippen MR) is 83.3 cm³/mol. The van der Waals surface area contributed by atoms with Crippen molar-refractivity contribution in [2.24, 2.45) is 0 Å². The van der Waals surface area contributed by atoms with Gasteiger partial charge in [-0.3, -0.25) is 4.79 Å². The van der Waals surface area contributed by atoms with Crippen molar-refractivity contribution in [1.82, 2.24) is 0 Å². The first kappa shape index (κ1) is 16.9. The zero-order chi connectivity index (χ0) is 17.5. The number of halogens is 4. The summed E-state index contributed by atoms with van der Waals surface area (Å²) in [6.07, 6.45) is -2.69. The minimum atomic E-state index is -4.47. The van der Waals surface area contributed by atoms with Gasteiger partial charge in [0, 0.05) is 5.56 Å². The summed E-state index contributed by atoms with van der Waals surface area (Å²) in [7, 11) is 0. The van der Waals surface area contributed by atoms with Gasteiger partial charge in [-0.25, -0.2) is 0 Å². The molecule has 0 bridgehead atoms. The van der Waals surface area contributed by atoms with Gasteiger partial charge in [-0.2, -0.15) is 13.2 Å². The molecule has 1 aliphatic heterocycles. The molecule has 3 nitrogen and oxygen atoms in total. The molecule has 7 heteroatoms. The third-order valence-electron chi connectivity index (χ3n) is 3.94. The van der Waals surface area contributed by atoms with E-state index in [1.54, 1.807) is 0 Å². The molecule has 0 saturated heterocycles. The molecule has 0 radical (unpaired) electrons. The van der Waals surface area contributed by atoms with Crippen LogP contribution in [0.1, 0.15) is 42.6 Å². The van der Waals surface area contributed by atoms with Crippen LogP contribution in [0.15, 0.2) is 33.7 Å². The molecule has 1 unspecified atom stereocenters. The molecule has 0 fully saturated rings. The Balaban J connectivity index is 2.21. The molecule has 1 atom stereocenters. The standard InChI is InChI=1S/C17H14ClF3O3/c1-2-3-12-14-15(22)9(7-18)8-23-16(14)11-5-4-10(17(19,20)21)6-13(11)24-12/h4-6,8,12H,2-3,7H2,1H3. The molecule has 24 heavy (non-hydrogen) atoms. The minimum Gasteiger partial charge on any atom is -0.485 e. The van der Waals surface area contributed by atoms with E-state index in [1.807, 2.05) is 6.92 Å². The molecular formula is C17H14ClF3O3. The fraction of sp³-hybridized carbons (Fsp3) is 0.353.